The number of benzene rings is 2. The fraction of sp³-hybridized carbons (Fsp3) is 0.385. The van der Waals surface area contributed by atoms with E-state index < -0.39 is 11.5 Å². The van der Waals surface area contributed by atoms with Gasteiger partial charge in [-0.25, -0.2) is 0 Å². The highest BCUT2D eigenvalue weighted by atomic mass is 127. The van der Waals surface area contributed by atoms with E-state index in [0.29, 0.717) is 24.3 Å². The minimum Gasteiger partial charge on any atom is -0.394 e. The van der Waals surface area contributed by atoms with Gasteiger partial charge in [0.25, 0.3) is 5.91 Å². The lowest BCUT2D eigenvalue weighted by Crippen LogP contribution is -2.44. The van der Waals surface area contributed by atoms with Crippen LogP contribution >= 0.6 is 38.5 Å². The van der Waals surface area contributed by atoms with Crippen molar-refractivity contribution in [1.82, 2.24) is 4.90 Å². The number of hydrogen-bond acceptors (Lipinski definition) is 4. The number of fused-ring (bicyclic) bond motifs is 1. The van der Waals surface area contributed by atoms with Gasteiger partial charge in [0, 0.05) is 32.5 Å². The lowest BCUT2D eigenvalue weighted by molar-refractivity contribution is -0.139. The van der Waals surface area contributed by atoms with Crippen LogP contribution in [-0.2, 0) is 21.7 Å². The van der Waals surface area contributed by atoms with Crippen LogP contribution in [-0.4, -0.2) is 46.1 Å². The summed E-state index contributed by atoms with van der Waals surface area (Å²) in [7, 11) is 0. The molecule has 0 aliphatic carbocycles. The van der Waals surface area contributed by atoms with Crippen molar-refractivity contribution in [3.8, 4) is 0 Å². The molecule has 2 aliphatic heterocycles. The van der Waals surface area contributed by atoms with Crippen LogP contribution in [0, 0.1) is 9.49 Å². The smallest absolute Gasteiger partial charge is 0.264 e. The summed E-state index contributed by atoms with van der Waals surface area (Å²) in [6, 6.07) is 13.4. The third-order valence-corrected chi connectivity index (χ3v) is 7.91. The zero-order valence-electron chi connectivity index (χ0n) is 19.0. The van der Waals surface area contributed by atoms with Crippen LogP contribution in [0.4, 0.5) is 5.69 Å². The SMILES string of the molecule is C[C@H](/C=C/CC(=O)N1CCC[C@H]1CO)[C@@]1(O)C(=O)N(Cc2cccc(I)c2)c2ccc(Br)cc21. The molecule has 0 aromatic heterocycles. The van der Waals surface area contributed by atoms with Crippen LogP contribution in [0.3, 0.4) is 0 Å². The summed E-state index contributed by atoms with van der Waals surface area (Å²) in [6.45, 7) is 2.79. The van der Waals surface area contributed by atoms with Gasteiger partial charge in [0.05, 0.1) is 24.9 Å². The van der Waals surface area contributed by atoms with Crippen LogP contribution in [0.1, 0.15) is 37.3 Å². The number of amides is 2. The number of anilines is 1. The van der Waals surface area contributed by atoms with E-state index in [0.717, 1.165) is 26.4 Å². The Labute approximate surface area is 221 Å². The number of carbonyl (C=O) groups is 2. The first-order valence-electron chi connectivity index (χ1n) is 11.4. The molecule has 2 aromatic rings. The third-order valence-electron chi connectivity index (χ3n) is 6.75. The van der Waals surface area contributed by atoms with Crippen LogP contribution in [0.15, 0.2) is 59.1 Å². The molecule has 6 nitrogen and oxygen atoms in total. The molecule has 0 spiro atoms. The summed E-state index contributed by atoms with van der Waals surface area (Å²) in [5.74, 6) is -0.968. The van der Waals surface area contributed by atoms with Crippen molar-refractivity contribution in [3.05, 3.63) is 73.8 Å². The molecule has 34 heavy (non-hydrogen) atoms. The summed E-state index contributed by atoms with van der Waals surface area (Å²) in [6.07, 6.45) is 5.36. The quantitative estimate of drug-likeness (QED) is 0.349. The third kappa shape index (κ3) is 4.82. The standard InChI is InChI=1S/C26H28BrIN2O4/c1-17(5-2-9-24(32)29-12-4-8-21(29)16-31)26(34)22-14-19(27)10-11-23(22)30(25(26)33)15-18-6-3-7-20(28)13-18/h2-3,5-7,10-11,13-14,17,21,31,34H,4,8-9,12,15-16H2,1H3/b5-2+/t17-,21+,26+/m1/s1. The van der Waals surface area contributed by atoms with Crippen LogP contribution in [0.25, 0.3) is 0 Å². The van der Waals surface area contributed by atoms with Crippen LogP contribution in [0.2, 0.25) is 0 Å². The van der Waals surface area contributed by atoms with E-state index in [1.54, 1.807) is 34.9 Å². The number of hydrogen-bond donors (Lipinski definition) is 2. The van der Waals surface area contributed by atoms with Crippen LogP contribution in [0.5, 0.6) is 0 Å². The maximum atomic E-state index is 13.6. The number of aliphatic hydroxyl groups is 2. The van der Waals surface area contributed by atoms with E-state index >= 15 is 0 Å². The van der Waals surface area contributed by atoms with Crippen molar-refractivity contribution in [2.24, 2.45) is 5.92 Å². The zero-order valence-corrected chi connectivity index (χ0v) is 22.7. The summed E-state index contributed by atoms with van der Waals surface area (Å²) in [4.78, 5) is 29.6. The normalized spacial score (nSPS) is 23.1. The molecule has 0 saturated carbocycles. The number of halogens is 2. The molecule has 0 unspecified atom stereocenters. The molecule has 8 heteroatoms. The maximum Gasteiger partial charge on any atom is 0.264 e. The van der Waals surface area contributed by atoms with E-state index in [2.05, 4.69) is 38.5 Å². The van der Waals surface area contributed by atoms with Gasteiger partial charge in [0.15, 0.2) is 5.60 Å². The average Bonchev–Trinajstić information content (AvgIpc) is 3.37. The predicted molar refractivity (Wildman–Crippen MR) is 143 cm³/mol. The Morgan fingerprint density at radius 2 is 2.12 bits per heavy atom. The van der Waals surface area contributed by atoms with Crippen LogP contribution < -0.4 is 4.90 Å². The number of likely N-dealkylation sites (tertiary alicyclic amines) is 1. The first kappa shape index (κ1) is 25.3. The van der Waals surface area contributed by atoms with Crippen molar-refractivity contribution in [1.29, 1.82) is 0 Å². The van der Waals surface area contributed by atoms with Crippen molar-refractivity contribution >= 4 is 56.0 Å². The number of nitrogens with zero attached hydrogens (tertiary/aromatic N) is 2. The molecule has 2 heterocycles. The summed E-state index contributed by atoms with van der Waals surface area (Å²) >= 11 is 5.72. The first-order chi connectivity index (χ1) is 16.3. The molecule has 2 amide bonds. The largest absolute Gasteiger partial charge is 0.394 e. The predicted octanol–water partition coefficient (Wildman–Crippen LogP) is 4.35. The molecule has 1 fully saturated rings. The fourth-order valence-electron chi connectivity index (χ4n) is 4.88. The molecule has 3 atom stereocenters. The minimum absolute atomic E-state index is 0.0257. The second-order valence-corrected chi connectivity index (χ2v) is 11.1. The second-order valence-electron chi connectivity index (χ2n) is 8.94. The molecule has 2 aliphatic rings. The van der Waals surface area contributed by atoms with E-state index in [-0.39, 0.29) is 30.9 Å². The summed E-state index contributed by atoms with van der Waals surface area (Å²) in [5, 5.41) is 21.2. The Balaban J connectivity index is 1.56. The monoisotopic (exact) mass is 638 g/mol. The summed E-state index contributed by atoms with van der Waals surface area (Å²) in [5.41, 5.74) is 0.493. The Morgan fingerprint density at radius 3 is 2.85 bits per heavy atom. The molecule has 0 bridgehead atoms. The molecule has 2 aromatic carbocycles. The topological polar surface area (TPSA) is 81.1 Å². The van der Waals surface area contributed by atoms with Gasteiger partial charge in [-0.3, -0.25) is 9.59 Å². The fourth-order valence-corrected chi connectivity index (χ4v) is 5.85. The van der Waals surface area contributed by atoms with Crippen molar-refractivity contribution < 1.29 is 19.8 Å². The van der Waals surface area contributed by atoms with E-state index in [1.807, 2.05) is 36.4 Å². The van der Waals surface area contributed by atoms with Gasteiger partial charge >= 0.3 is 0 Å². The maximum absolute atomic E-state index is 13.6. The highest BCUT2D eigenvalue weighted by Gasteiger charge is 2.52. The molecule has 0 radical (unpaired) electrons. The Morgan fingerprint density at radius 1 is 1.32 bits per heavy atom. The average molecular weight is 639 g/mol. The molecule has 4 rings (SSSR count). The molecular weight excluding hydrogens is 611 g/mol. The second kappa shape index (κ2) is 10.5. The van der Waals surface area contributed by atoms with Gasteiger partial charge in [-0.2, -0.15) is 0 Å². The van der Waals surface area contributed by atoms with Gasteiger partial charge in [-0.05, 0) is 71.3 Å². The van der Waals surface area contributed by atoms with Crippen molar-refractivity contribution in [2.45, 2.75) is 44.4 Å². The Bertz CT molecular complexity index is 1120. The van der Waals surface area contributed by atoms with E-state index in [4.69, 9.17) is 0 Å². The molecular formula is C26H28BrIN2O4. The molecule has 180 valence electrons. The Hall–Kier alpha value is -1.75. The lowest BCUT2D eigenvalue weighted by Gasteiger charge is -2.28. The van der Waals surface area contributed by atoms with Crippen molar-refractivity contribution in [2.75, 3.05) is 18.1 Å². The first-order valence-corrected chi connectivity index (χ1v) is 13.3. The Kier molecular flexibility index (Phi) is 7.81. The number of carbonyl (C=O) groups excluding carboxylic acids is 2. The van der Waals surface area contributed by atoms with Gasteiger partial charge in [0.2, 0.25) is 5.91 Å². The van der Waals surface area contributed by atoms with Crippen molar-refractivity contribution in [3.63, 3.8) is 0 Å². The van der Waals surface area contributed by atoms with E-state index in [1.165, 1.54) is 0 Å². The highest BCUT2D eigenvalue weighted by molar-refractivity contribution is 14.1. The highest BCUT2D eigenvalue weighted by Crippen LogP contribution is 2.46. The number of rotatable bonds is 7. The van der Waals surface area contributed by atoms with Gasteiger partial charge in [-0.15, -0.1) is 0 Å². The van der Waals surface area contributed by atoms with Gasteiger partial charge in [-0.1, -0.05) is 47.1 Å². The lowest BCUT2D eigenvalue weighted by atomic mass is 9.83. The van der Waals surface area contributed by atoms with Gasteiger partial charge < -0.3 is 20.0 Å². The zero-order chi connectivity index (χ0) is 24.5. The summed E-state index contributed by atoms with van der Waals surface area (Å²) < 4.78 is 1.86. The van der Waals surface area contributed by atoms with E-state index in [9.17, 15) is 19.8 Å². The number of aliphatic hydroxyl groups excluding tert-OH is 1. The minimum atomic E-state index is -1.73. The van der Waals surface area contributed by atoms with Gasteiger partial charge in [0.1, 0.15) is 0 Å². The molecule has 2 N–H and O–H groups in total. The molecule has 1 saturated heterocycles.